The van der Waals surface area contributed by atoms with Gasteiger partial charge in [0.1, 0.15) is 23.9 Å². The molecular formula is C25H34N4O12. The summed E-state index contributed by atoms with van der Waals surface area (Å²) in [5, 5.41) is 54.6. The number of carboxylic acids is 4. The molecule has 4 amide bonds. The second-order valence-corrected chi connectivity index (χ2v) is 9.00. The lowest BCUT2D eigenvalue weighted by molar-refractivity contribution is -0.141. The summed E-state index contributed by atoms with van der Waals surface area (Å²) in [5.41, 5.74) is 0.614. The molecule has 0 saturated heterocycles. The molecule has 16 heteroatoms. The van der Waals surface area contributed by atoms with Crippen LogP contribution < -0.4 is 21.3 Å². The normalized spacial score (nSPS) is 12.7. The van der Waals surface area contributed by atoms with Crippen LogP contribution in [0.15, 0.2) is 24.3 Å². The first-order chi connectivity index (χ1) is 19.3. The molecule has 1 aromatic rings. The Bertz CT molecular complexity index is 1090. The van der Waals surface area contributed by atoms with Crippen LogP contribution in [0.4, 0.5) is 4.79 Å². The molecule has 1 rings (SSSR count). The second-order valence-electron chi connectivity index (χ2n) is 9.00. The van der Waals surface area contributed by atoms with Crippen LogP contribution in [-0.4, -0.2) is 91.9 Å². The van der Waals surface area contributed by atoms with Crippen LogP contribution in [0.25, 0.3) is 0 Å². The fourth-order valence-corrected chi connectivity index (χ4v) is 3.51. The zero-order valence-electron chi connectivity index (χ0n) is 22.0. The molecule has 41 heavy (non-hydrogen) atoms. The van der Waals surface area contributed by atoms with Crippen molar-refractivity contribution in [3.05, 3.63) is 29.8 Å². The van der Waals surface area contributed by atoms with E-state index in [4.69, 9.17) is 15.3 Å². The summed E-state index contributed by atoms with van der Waals surface area (Å²) in [6.07, 6.45) is -1.21. The summed E-state index contributed by atoms with van der Waals surface area (Å²) in [5.74, 6) is -6.52. The largest absolute Gasteiger partial charge is 0.508 e. The molecule has 0 aromatic heterocycles. The van der Waals surface area contributed by atoms with Gasteiger partial charge in [0.05, 0.1) is 6.42 Å². The lowest BCUT2D eigenvalue weighted by Gasteiger charge is -2.19. The highest BCUT2D eigenvalue weighted by Crippen LogP contribution is 2.12. The summed E-state index contributed by atoms with van der Waals surface area (Å²) in [7, 11) is 0. The van der Waals surface area contributed by atoms with Crippen LogP contribution in [0.5, 0.6) is 5.75 Å². The first kappa shape index (κ1) is 34.1. The van der Waals surface area contributed by atoms with Gasteiger partial charge in [-0.25, -0.2) is 14.4 Å². The van der Waals surface area contributed by atoms with Gasteiger partial charge in [-0.2, -0.15) is 0 Å². The molecule has 0 aliphatic heterocycles. The van der Waals surface area contributed by atoms with Crippen LogP contribution in [0.1, 0.15) is 50.5 Å². The standard InChI is InChI=1S/C25H34N4O12/c30-15-6-4-14(5-7-15)13-18(27-19(31)9-11-21(34)35)22(36)26-12-2-1-3-16(23(37)38)28-25(41)29-17(24(39)40)8-10-20(32)33/h4-7,16-18,30H,1-3,8-13H2,(H,26,36)(H,27,31)(H,32,33)(H,34,35)(H,37,38)(H,39,40)(H2,28,29,41)/t16-,17-,18+/m0/s1. The number of benzene rings is 1. The molecule has 0 bridgehead atoms. The Balaban J connectivity index is 2.62. The number of carbonyl (C=O) groups is 7. The van der Waals surface area contributed by atoms with Crippen molar-refractivity contribution >= 4 is 41.7 Å². The van der Waals surface area contributed by atoms with Crippen molar-refractivity contribution in [1.82, 2.24) is 21.3 Å². The Kier molecular flexibility index (Phi) is 14.7. The van der Waals surface area contributed by atoms with E-state index in [-0.39, 0.29) is 44.4 Å². The average molecular weight is 583 g/mol. The van der Waals surface area contributed by atoms with Crippen molar-refractivity contribution in [1.29, 1.82) is 0 Å². The first-order valence-corrected chi connectivity index (χ1v) is 12.6. The number of aliphatic carboxylic acids is 4. The van der Waals surface area contributed by atoms with Crippen molar-refractivity contribution < 1.29 is 59.1 Å². The molecule has 226 valence electrons. The zero-order chi connectivity index (χ0) is 30.9. The number of urea groups is 1. The molecule has 0 saturated carbocycles. The maximum Gasteiger partial charge on any atom is 0.326 e. The minimum Gasteiger partial charge on any atom is -0.508 e. The van der Waals surface area contributed by atoms with Gasteiger partial charge in [-0.15, -0.1) is 0 Å². The van der Waals surface area contributed by atoms with Crippen molar-refractivity contribution in [3.63, 3.8) is 0 Å². The molecular weight excluding hydrogens is 548 g/mol. The fourth-order valence-electron chi connectivity index (χ4n) is 3.51. The third-order valence-corrected chi connectivity index (χ3v) is 5.67. The van der Waals surface area contributed by atoms with Crippen molar-refractivity contribution in [2.75, 3.05) is 6.54 Å². The average Bonchev–Trinajstić information content (AvgIpc) is 2.89. The third-order valence-electron chi connectivity index (χ3n) is 5.67. The molecule has 0 heterocycles. The first-order valence-electron chi connectivity index (χ1n) is 12.6. The van der Waals surface area contributed by atoms with E-state index >= 15 is 0 Å². The Morgan fingerprint density at radius 1 is 0.659 bits per heavy atom. The maximum atomic E-state index is 12.8. The van der Waals surface area contributed by atoms with Gasteiger partial charge in [0.25, 0.3) is 0 Å². The molecule has 0 aliphatic carbocycles. The Morgan fingerprint density at radius 3 is 1.76 bits per heavy atom. The summed E-state index contributed by atoms with van der Waals surface area (Å²) in [4.78, 5) is 81.1. The summed E-state index contributed by atoms with van der Waals surface area (Å²) in [6, 6.07) is 0.840. The number of hydrogen-bond donors (Lipinski definition) is 9. The molecule has 0 spiro atoms. The minimum atomic E-state index is -1.53. The molecule has 1 aromatic carbocycles. The topological polar surface area (TPSA) is 269 Å². The van der Waals surface area contributed by atoms with E-state index in [1.807, 2.05) is 5.32 Å². The van der Waals surface area contributed by atoms with E-state index in [1.165, 1.54) is 12.1 Å². The maximum absolute atomic E-state index is 12.8. The number of carboxylic acid groups (broad SMARTS) is 4. The fraction of sp³-hybridized carbons (Fsp3) is 0.480. The molecule has 0 unspecified atom stereocenters. The van der Waals surface area contributed by atoms with Crippen LogP contribution in [0, 0.1) is 0 Å². The highest BCUT2D eigenvalue weighted by Gasteiger charge is 2.25. The predicted molar refractivity (Wildman–Crippen MR) is 139 cm³/mol. The summed E-state index contributed by atoms with van der Waals surface area (Å²) < 4.78 is 0. The number of hydrogen-bond acceptors (Lipinski definition) is 8. The zero-order valence-corrected chi connectivity index (χ0v) is 22.0. The quantitative estimate of drug-likeness (QED) is 0.0947. The molecule has 0 radical (unpaired) electrons. The lowest BCUT2D eigenvalue weighted by atomic mass is 10.0. The van der Waals surface area contributed by atoms with E-state index in [1.54, 1.807) is 12.1 Å². The number of amides is 4. The number of rotatable bonds is 19. The van der Waals surface area contributed by atoms with Gasteiger partial charge in [0.2, 0.25) is 11.8 Å². The highest BCUT2D eigenvalue weighted by atomic mass is 16.4. The smallest absolute Gasteiger partial charge is 0.326 e. The number of phenols is 1. The van der Waals surface area contributed by atoms with E-state index < -0.39 is 79.1 Å². The molecule has 16 nitrogen and oxygen atoms in total. The third kappa shape index (κ3) is 14.7. The number of aromatic hydroxyl groups is 1. The molecule has 9 N–H and O–H groups in total. The second kappa shape index (κ2) is 17.6. The lowest BCUT2D eigenvalue weighted by Crippen LogP contribution is -2.51. The van der Waals surface area contributed by atoms with E-state index in [9.17, 15) is 43.8 Å². The van der Waals surface area contributed by atoms with Crippen LogP contribution in [0.2, 0.25) is 0 Å². The van der Waals surface area contributed by atoms with E-state index in [2.05, 4.69) is 16.0 Å². The minimum absolute atomic E-state index is 0.00627. The number of unbranched alkanes of at least 4 members (excludes halogenated alkanes) is 1. The van der Waals surface area contributed by atoms with Gasteiger partial charge in [0.15, 0.2) is 0 Å². The number of phenolic OH excluding ortho intramolecular Hbond substituents is 1. The van der Waals surface area contributed by atoms with Crippen molar-refractivity contribution in [2.24, 2.45) is 0 Å². The van der Waals surface area contributed by atoms with Crippen LogP contribution in [0.3, 0.4) is 0 Å². The predicted octanol–water partition coefficient (Wildman–Crippen LogP) is -0.359. The van der Waals surface area contributed by atoms with Gasteiger partial charge >= 0.3 is 29.9 Å². The van der Waals surface area contributed by atoms with Gasteiger partial charge in [-0.05, 0) is 43.4 Å². The Labute approximate surface area is 234 Å². The van der Waals surface area contributed by atoms with Crippen molar-refractivity contribution in [3.8, 4) is 5.75 Å². The van der Waals surface area contributed by atoms with Crippen molar-refractivity contribution in [2.45, 2.75) is 69.5 Å². The van der Waals surface area contributed by atoms with Crippen LogP contribution >= 0.6 is 0 Å². The molecule has 0 fully saturated rings. The van der Waals surface area contributed by atoms with Gasteiger partial charge in [0, 0.05) is 25.8 Å². The van der Waals surface area contributed by atoms with Gasteiger partial charge < -0.3 is 46.8 Å². The highest BCUT2D eigenvalue weighted by molar-refractivity contribution is 5.89. The van der Waals surface area contributed by atoms with Gasteiger partial charge in [-0.1, -0.05) is 12.1 Å². The summed E-state index contributed by atoms with van der Waals surface area (Å²) in [6.45, 7) is 0.0741. The Hall–Kier alpha value is -4.89. The monoisotopic (exact) mass is 582 g/mol. The summed E-state index contributed by atoms with van der Waals surface area (Å²) >= 11 is 0. The SMILES string of the molecule is O=C(O)CCC(=O)N[C@H](Cc1ccc(O)cc1)C(=O)NCCCC[C@H](NC(=O)N[C@@H](CCC(=O)O)C(=O)O)C(=O)O. The van der Waals surface area contributed by atoms with E-state index in [0.29, 0.717) is 5.56 Å². The van der Waals surface area contributed by atoms with E-state index in [0.717, 1.165) is 0 Å². The van der Waals surface area contributed by atoms with Gasteiger partial charge in [-0.3, -0.25) is 19.2 Å². The number of nitrogens with one attached hydrogen (secondary N) is 4. The van der Waals surface area contributed by atoms with Crippen LogP contribution in [-0.2, 0) is 35.2 Å². The number of carbonyl (C=O) groups excluding carboxylic acids is 3. The Morgan fingerprint density at radius 2 is 1.22 bits per heavy atom. The molecule has 3 atom stereocenters. The molecule has 0 aliphatic rings.